The molecule has 0 unspecified atom stereocenters. The Labute approximate surface area is 166 Å². The van der Waals surface area contributed by atoms with Gasteiger partial charge >= 0.3 is 6.61 Å². The number of benzene rings is 2. The molecule has 0 saturated heterocycles. The Hall–Kier alpha value is -3.29. The monoisotopic (exact) mass is 403 g/mol. The number of carbonyl (C=O) groups excluding carboxylic acids is 1. The number of halogens is 3. The Bertz CT molecular complexity index is 999. The molecule has 152 valence electrons. The van der Waals surface area contributed by atoms with E-state index in [1.165, 1.54) is 29.2 Å². The maximum Gasteiger partial charge on any atom is 0.387 e. The molecular weight excluding hydrogens is 383 g/mol. The number of rotatable bonds is 6. The van der Waals surface area contributed by atoms with Crippen molar-refractivity contribution in [3.8, 4) is 11.4 Å². The van der Waals surface area contributed by atoms with E-state index >= 15 is 0 Å². The van der Waals surface area contributed by atoms with Gasteiger partial charge in [-0.25, -0.2) is 9.07 Å². The molecule has 0 bridgehead atoms. The molecule has 0 aliphatic carbocycles. The van der Waals surface area contributed by atoms with Crippen LogP contribution in [0.2, 0.25) is 0 Å². The fourth-order valence-corrected chi connectivity index (χ4v) is 3.10. The van der Waals surface area contributed by atoms with E-state index in [0.29, 0.717) is 22.6 Å². The van der Waals surface area contributed by atoms with Crippen molar-refractivity contribution in [2.75, 3.05) is 7.05 Å². The molecule has 0 N–H and O–H groups in total. The number of nitrogens with zero attached hydrogens (tertiary/aromatic N) is 3. The Morgan fingerprint density at radius 1 is 1.10 bits per heavy atom. The Morgan fingerprint density at radius 2 is 1.72 bits per heavy atom. The zero-order valence-corrected chi connectivity index (χ0v) is 16.2. The van der Waals surface area contributed by atoms with E-state index in [2.05, 4.69) is 9.84 Å². The second-order valence-electron chi connectivity index (χ2n) is 6.62. The first-order chi connectivity index (χ1) is 13.8. The summed E-state index contributed by atoms with van der Waals surface area (Å²) >= 11 is 0. The third kappa shape index (κ3) is 4.59. The molecule has 5 nitrogen and oxygen atoms in total. The van der Waals surface area contributed by atoms with Crippen molar-refractivity contribution < 1.29 is 22.7 Å². The lowest BCUT2D eigenvalue weighted by molar-refractivity contribution is -0.0498. The van der Waals surface area contributed by atoms with Gasteiger partial charge in [-0.15, -0.1) is 0 Å². The highest BCUT2D eigenvalue weighted by Crippen LogP contribution is 2.21. The predicted octanol–water partition coefficient (Wildman–Crippen LogP) is 4.50. The number of ether oxygens (including phenoxy) is 1. The summed E-state index contributed by atoms with van der Waals surface area (Å²) in [6.07, 6.45) is 0. The van der Waals surface area contributed by atoms with Crippen LogP contribution in [0.15, 0.2) is 48.5 Å². The fraction of sp³-hybridized carbons (Fsp3) is 0.238. The molecule has 0 fully saturated rings. The number of aromatic nitrogens is 2. The smallest absolute Gasteiger partial charge is 0.387 e. The van der Waals surface area contributed by atoms with Gasteiger partial charge < -0.3 is 9.64 Å². The van der Waals surface area contributed by atoms with Gasteiger partial charge in [-0.3, -0.25) is 4.79 Å². The predicted molar refractivity (Wildman–Crippen MR) is 102 cm³/mol. The molecule has 29 heavy (non-hydrogen) atoms. The van der Waals surface area contributed by atoms with E-state index in [1.54, 1.807) is 49.8 Å². The van der Waals surface area contributed by atoms with Crippen molar-refractivity contribution in [3.63, 3.8) is 0 Å². The van der Waals surface area contributed by atoms with Crippen molar-refractivity contribution in [2.45, 2.75) is 27.0 Å². The lowest BCUT2D eigenvalue weighted by Gasteiger charge is -2.18. The van der Waals surface area contributed by atoms with Gasteiger partial charge in [-0.05, 0) is 55.8 Å². The van der Waals surface area contributed by atoms with Crippen LogP contribution in [0.4, 0.5) is 13.2 Å². The number of hydrogen-bond acceptors (Lipinski definition) is 3. The summed E-state index contributed by atoms with van der Waals surface area (Å²) < 4.78 is 43.6. The highest BCUT2D eigenvalue weighted by molar-refractivity contribution is 5.96. The van der Waals surface area contributed by atoms with Crippen LogP contribution in [0.5, 0.6) is 5.75 Å². The van der Waals surface area contributed by atoms with E-state index in [1.807, 2.05) is 0 Å². The van der Waals surface area contributed by atoms with Gasteiger partial charge in [0.25, 0.3) is 5.91 Å². The number of amides is 1. The molecule has 0 aliphatic heterocycles. The third-order valence-electron chi connectivity index (χ3n) is 4.49. The van der Waals surface area contributed by atoms with Gasteiger partial charge in [0.1, 0.15) is 11.6 Å². The minimum absolute atomic E-state index is 0.0602. The molecule has 0 aliphatic rings. The molecule has 1 amide bonds. The standard InChI is InChI=1S/C21H20F3N3O2/c1-13-19(14(2)27(25-13)17-8-6-16(22)7-9-17)20(28)26(3)12-15-4-10-18(11-5-15)29-21(23)24/h4-11,21H,12H2,1-3H3. The lowest BCUT2D eigenvalue weighted by atomic mass is 10.1. The summed E-state index contributed by atoms with van der Waals surface area (Å²) in [5.74, 6) is -0.512. The zero-order valence-electron chi connectivity index (χ0n) is 16.2. The second-order valence-corrected chi connectivity index (χ2v) is 6.62. The van der Waals surface area contributed by atoms with Gasteiger partial charge in [0.15, 0.2) is 0 Å². The summed E-state index contributed by atoms with van der Waals surface area (Å²) in [6.45, 7) is 0.925. The molecule has 3 aromatic rings. The average Bonchev–Trinajstić information content (AvgIpc) is 2.97. The molecule has 1 heterocycles. The first kappa shape index (κ1) is 20.4. The van der Waals surface area contributed by atoms with Crippen LogP contribution in [0.1, 0.15) is 27.3 Å². The minimum atomic E-state index is -2.88. The minimum Gasteiger partial charge on any atom is -0.435 e. The summed E-state index contributed by atoms with van der Waals surface area (Å²) in [4.78, 5) is 14.5. The van der Waals surface area contributed by atoms with Crippen molar-refractivity contribution in [3.05, 3.63) is 76.9 Å². The SMILES string of the molecule is Cc1nn(-c2ccc(F)cc2)c(C)c1C(=O)N(C)Cc1ccc(OC(F)F)cc1. The van der Waals surface area contributed by atoms with Gasteiger partial charge in [0.05, 0.1) is 22.6 Å². The quantitative estimate of drug-likeness (QED) is 0.609. The average molecular weight is 403 g/mol. The van der Waals surface area contributed by atoms with Gasteiger partial charge in [-0.1, -0.05) is 12.1 Å². The fourth-order valence-electron chi connectivity index (χ4n) is 3.10. The van der Waals surface area contributed by atoms with Crippen molar-refractivity contribution in [2.24, 2.45) is 0 Å². The first-order valence-electron chi connectivity index (χ1n) is 8.87. The topological polar surface area (TPSA) is 47.4 Å². The number of alkyl halides is 2. The van der Waals surface area contributed by atoms with Crippen LogP contribution in [-0.2, 0) is 6.54 Å². The maximum atomic E-state index is 13.2. The summed E-state index contributed by atoms with van der Waals surface area (Å²) in [5, 5.41) is 4.42. The summed E-state index contributed by atoms with van der Waals surface area (Å²) in [5.41, 5.74) is 3.09. The largest absolute Gasteiger partial charge is 0.435 e. The molecular formula is C21H20F3N3O2. The number of aryl methyl sites for hydroxylation is 1. The van der Waals surface area contributed by atoms with E-state index in [9.17, 15) is 18.0 Å². The summed E-state index contributed by atoms with van der Waals surface area (Å²) in [7, 11) is 1.65. The van der Waals surface area contributed by atoms with Gasteiger partial charge in [-0.2, -0.15) is 13.9 Å². The molecule has 0 atom stereocenters. The molecule has 0 spiro atoms. The van der Waals surface area contributed by atoms with Crippen molar-refractivity contribution in [1.82, 2.24) is 14.7 Å². The van der Waals surface area contributed by atoms with E-state index in [0.717, 1.165) is 5.56 Å². The van der Waals surface area contributed by atoms with Crippen molar-refractivity contribution >= 4 is 5.91 Å². The highest BCUT2D eigenvalue weighted by Gasteiger charge is 2.22. The molecule has 8 heteroatoms. The van der Waals surface area contributed by atoms with E-state index in [4.69, 9.17) is 0 Å². The highest BCUT2D eigenvalue weighted by atomic mass is 19.3. The van der Waals surface area contributed by atoms with E-state index < -0.39 is 6.61 Å². The van der Waals surface area contributed by atoms with Crippen molar-refractivity contribution in [1.29, 1.82) is 0 Å². The van der Waals surface area contributed by atoms with Crippen LogP contribution < -0.4 is 4.74 Å². The Kier molecular flexibility index (Phi) is 5.91. The second kappa shape index (κ2) is 8.38. The first-order valence-corrected chi connectivity index (χ1v) is 8.87. The molecule has 0 saturated carbocycles. The maximum absolute atomic E-state index is 13.2. The summed E-state index contributed by atoms with van der Waals surface area (Å²) in [6, 6.07) is 12.0. The molecule has 2 aromatic carbocycles. The Balaban J connectivity index is 1.78. The lowest BCUT2D eigenvalue weighted by Crippen LogP contribution is -2.27. The number of carbonyl (C=O) groups is 1. The normalized spacial score (nSPS) is 11.0. The van der Waals surface area contributed by atoms with Gasteiger partial charge in [0, 0.05) is 13.6 Å². The Morgan fingerprint density at radius 3 is 2.31 bits per heavy atom. The van der Waals surface area contributed by atoms with Crippen LogP contribution in [0.3, 0.4) is 0 Å². The van der Waals surface area contributed by atoms with Crippen LogP contribution in [0, 0.1) is 19.7 Å². The third-order valence-corrected chi connectivity index (χ3v) is 4.49. The van der Waals surface area contributed by atoms with Gasteiger partial charge in [0.2, 0.25) is 0 Å². The molecule has 3 rings (SSSR count). The molecule has 0 radical (unpaired) electrons. The van der Waals surface area contributed by atoms with Crippen LogP contribution in [0.25, 0.3) is 5.69 Å². The van der Waals surface area contributed by atoms with Crippen LogP contribution in [-0.4, -0.2) is 34.2 Å². The number of hydrogen-bond donors (Lipinski definition) is 0. The van der Waals surface area contributed by atoms with E-state index in [-0.39, 0.29) is 24.0 Å². The zero-order chi connectivity index (χ0) is 21.1. The van der Waals surface area contributed by atoms with Crippen LogP contribution >= 0.6 is 0 Å². The molecule has 1 aromatic heterocycles.